The summed E-state index contributed by atoms with van der Waals surface area (Å²) in [7, 11) is 0. The molecule has 138 valence electrons. The van der Waals surface area contributed by atoms with Gasteiger partial charge in [-0.15, -0.1) is 0 Å². The summed E-state index contributed by atoms with van der Waals surface area (Å²) in [4.78, 5) is 14.3. The van der Waals surface area contributed by atoms with Crippen LogP contribution in [0.25, 0.3) is 0 Å². The first-order chi connectivity index (χ1) is 12.8. The van der Waals surface area contributed by atoms with Crippen LogP contribution in [0.3, 0.4) is 0 Å². The summed E-state index contributed by atoms with van der Waals surface area (Å²) in [6.07, 6.45) is 8.99. The van der Waals surface area contributed by atoms with Crippen molar-refractivity contribution in [1.29, 1.82) is 0 Å². The summed E-state index contributed by atoms with van der Waals surface area (Å²) in [5, 5.41) is 0. The van der Waals surface area contributed by atoms with Gasteiger partial charge in [-0.25, -0.2) is 0 Å². The number of hydrogen-bond acceptors (Lipinski definition) is 3. The van der Waals surface area contributed by atoms with Crippen LogP contribution in [-0.4, -0.2) is 30.5 Å². The van der Waals surface area contributed by atoms with Crippen molar-refractivity contribution in [3.8, 4) is 0 Å². The lowest BCUT2D eigenvalue weighted by molar-refractivity contribution is 0.0690. The van der Waals surface area contributed by atoms with Gasteiger partial charge in [0.2, 0.25) is 0 Å². The van der Waals surface area contributed by atoms with Gasteiger partial charge in [-0.2, -0.15) is 0 Å². The molecular formula is C22H27NO3. The Morgan fingerprint density at radius 3 is 2.38 bits per heavy atom. The third-order valence-corrected chi connectivity index (χ3v) is 5.54. The maximum Gasteiger partial charge on any atom is 0.257 e. The molecule has 0 bridgehead atoms. The second-order valence-electron chi connectivity index (χ2n) is 7.73. The van der Waals surface area contributed by atoms with E-state index < -0.39 is 0 Å². The van der Waals surface area contributed by atoms with Crippen LogP contribution in [0.15, 0.2) is 47.3 Å². The topological polar surface area (TPSA) is 42.7 Å². The molecule has 2 aromatic rings. The standard InChI is InChI=1S/C22H27NO3/c24-22(21-9-12-25-16-21)23-10-7-18(8-11-23)13-17-1-3-19(4-2-17)14-26-15-20-5-6-20/h1-4,9,12,16,18,20H,5-8,10-11,13-15H2. The number of nitrogens with zero attached hydrogens (tertiary/aromatic N) is 1. The number of piperidine rings is 1. The van der Waals surface area contributed by atoms with E-state index in [4.69, 9.17) is 9.15 Å². The van der Waals surface area contributed by atoms with Gasteiger partial charge in [0, 0.05) is 19.7 Å². The van der Waals surface area contributed by atoms with Gasteiger partial charge in [0.1, 0.15) is 6.26 Å². The minimum atomic E-state index is 0.0905. The molecule has 1 amide bonds. The third-order valence-electron chi connectivity index (χ3n) is 5.54. The van der Waals surface area contributed by atoms with E-state index in [0.29, 0.717) is 11.5 Å². The van der Waals surface area contributed by atoms with E-state index in [1.165, 1.54) is 30.2 Å². The molecule has 1 aliphatic carbocycles. The Labute approximate surface area is 155 Å². The van der Waals surface area contributed by atoms with Crippen LogP contribution in [0, 0.1) is 11.8 Å². The van der Waals surface area contributed by atoms with Gasteiger partial charge in [-0.05, 0) is 61.1 Å². The van der Waals surface area contributed by atoms with Crippen molar-refractivity contribution in [3.63, 3.8) is 0 Å². The predicted octanol–water partition coefficient (Wildman–Crippen LogP) is 4.30. The highest BCUT2D eigenvalue weighted by molar-refractivity contribution is 5.93. The summed E-state index contributed by atoms with van der Waals surface area (Å²) < 4.78 is 10.8. The van der Waals surface area contributed by atoms with Gasteiger partial charge < -0.3 is 14.1 Å². The summed E-state index contributed by atoms with van der Waals surface area (Å²) in [5.41, 5.74) is 3.30. The zero-order valence-electron chi connectivity index (χ0n) is 15.2. The molecule has 4 rings (SSSR count). The number of hydrogen-bond donors (Lipinski definition) is 0. The van der Waals surface area contributed by atoms with Gasteiger partial charge in [0.05, 0.1) is 18.4 Å². The first-order valence-corrected chi connectivity index (χ1v) is 9.75. The lowest BCUT2D eigenvalue weighted by Gasteiger charge is -2.31. The molecule has 0 radical (unpaired) electrons. The number of amides is 1. The molecule has 2 aliphatic rings. The Bertz CT molecular complexity index is 695. The zero-order valence-corrected chi connectivity index (χ0v) is 15.2. The van der Waals surface area contributed by atoms with Crippen LogP contribution in [-0.2, 0) is 17.8 Å². The molecule has 4 nitrogen and oxygen atoms in total. The number of furan rings is 1. The van der Waals surface area contributed by atoms with Crippen molar-refractivity contribution >= 4 is 5.91 Å². The second-order valence-corrected chi connectivity index (χ2v) is 7.73. The van der Waals surface area contributed by atoms with E-state index in [1.807, 2.05) is 4.90 Å². The third kappa shape index (κ3) is 4.55. The highest BCUT2D eigenvalue weighted by Gasteiger charge is 2.24. The molecule has 4 heteroatoms. The van der Waals surface area contributed by atoms with Crippen molar-refractivity contribution in [2.75, 3.05) is 19.7 Å². The van der Waals surface area contributed by atoms with E-state index in [2.05, 4.69) is 24.3 Å². The molecule has 0 unspecified atom stereocenters. The second kappa shape index (κ2) is 8.09. The number of carbonyl (C=O) groups excluding carboxylic acids is 1. The van der Waals surface area contributed by atoms with Crippen LogP contribution >= 0.6 is 0 Å². The summed E-state index contributed by atoms with van der Waals surface area (Å²) in [5.74, 6) is 1.56. The molecule has 0 N–H and O–H groups in total. The highest BCUT2D eigenvalue weighted by Crippen LogP contribution is 2.29. The Balaban J connectivity index is 1.21. The van der Waals surface area contributed by atoms with Gasteiger partial charge in [0.25, 0.3) is 5.91 Å². The number of benzene rings is 1. The minimum Gasteiger partial charge on any atom is -0.472 e. The maximum absolute atomic E-state index is 12.3. The van der Waals surface area contributed by atoms with Crippen LogP contribution in [0.4, 0.5) is 0 Å². The van der Waals surface area contributed by atoms with Crippen molar-refractivity contribution < 1.29 is 13.9 Å². The van der Waals surface area contributed by atoms with Gasteiger partial charge in [0.15, 0.2) is 0 Å². The van der Waals surface area contributed by atoms with E-state index in [-0.39, 0.29) is 5.91 Å². The van der Waals surface area contributed by atoms with Crippen molar-refractivity contribution in [2.45, 2.75) is 38.7 Å². The average molecular weight is 353 g/mol. The minimum absolute atomic E-state index is 0.0905. The van der Waals surface area contributed by atoms with Gasteiger partial charge in [-0.3, -0.25) is 4.79 Å². The normalized spacial score (nSPS) is 18.2. The van der Waals surface area contributed by atoms with Crippen LogP contribution in [0.2, 0.25) is 0 Å². The highest BCUT2D eigenvalue weighted by atomic mass is 16.5. The van der Waals surface area contributed by atoms with Crippen LogP contribution in [0.1, 0.15) is 47.2 Å². The monoisotopic (exact) mass is 353 g/mol. The van der Waals surface area contributed by atoms with Crippen molar-refractivity contribution in [2.24, 2.45) is 11.8 Å². The molecule has 0 spiro atoms. The molecule has 2 fully saturated rings. The maximum atomic E-state index is 12.3. The lowest BCUT2D eigenvalue weighted by Crippen LogP contribution is -2.38. The Kier molecular flexibility index (Phi) is 5.40. The van der Waals surface area contributed by atoms with Crippen LogP contribution < -0.4 is 0 Å². The van der Waals surface area contributed by atoms with E-state index >= 15 is 0 Å². The van der Waals surface area contributed by atoms with Crippen molar-refractivity contribution in [1.82, 2.24) is 4.90 Å². The molecule has 1 saturated heterocycles. The Morgan fingerprint density at radius 2 is 1.73 bits per heavy atom. The average Bonchev–Trinajstić information content (AvgIpc) is 3.33. The number of likely N-dealkylation sites (tertiary alicyclic amines) is 1. The largest absolute Gasteiger partial charge is 0.472 e. The number of rotatable bonds is 7. The molecular weight excluding hydrogens is 326 g/mol. The number of ether oxygens (including phenoxy) is 1. The molecule has 0 atom stereocenters. The van der Waals surface area contributed by atoms with Crippen molar-refractivity contribution in [3.05, 3.63) is 59.5 Å². The first-order valence-electron chi connectivity index (χ1n) is 9.75. The Hall–Kier alpha value is -2.07. The Morgan fingerprint density at radius 1 is 1.00 bits per heavy atom. The molecule has 1 aromatic heterocycles. The van der Waals surface area contributed by atoms with E-state index in [0.717, 1.165) is 51.5 Å². The van der Waals surface area contributed by atoms with E-state index in [9.17, 15) is 4.79 Å². The molecule has 26 heavy (non-hydrogen) atoms. The fraction of sp³-hybridized carbons (Fsp3) is 0.500. The molecule has 1 saturated carbocycles. The first kappa shape index (κ1) is 17.3. The van der Waals surface area contributed by atoms with Crippen LogP contribution in [0.5, 0.6) is 0 Å². The fourth-order valence-electron chi connectivity index (χ4n) is 3.64. The molecule has 2 heterocycles. The lowest BCUT2D eigenvalue weighted by atomic mass is 9.90. The fourth-order valence-corrected chi connectivity index (χ4v) is 3.64. The molecule has 1 aliphatic heterocycles. The summed E-state index contributed by atoms with van der Waals surface area (Å²) in [6, 6.07) is 10.6. The SMILES string of the molecule is O=C(c1ccoc1)N1CCC(Cc2ccc(COCC3CC3)cc2)CC1. The van der Waals surface area contributed by atoms with Gasteiger partial charge >= 0.3 is 0 Å². The smallest absolute Gasteiger partial charge is 0.257 e. The predicted molar refractivity (Wildman–Crippen MR) is 99.9 cm³/mol. The molecule has 1 aromatic carbocycles. The van der Waals surface area contributed by atoms with Gasteiger partial charge in [-0.1, -0.05) is 24.3 Å². The van der Waals surface area contributed by atoms with E-state index in [1.54, 1.807) is 12.3 Å². The summed E-state index contributed by atoms with van der Waals surface area (Å²) >= 11 is 0. The zero-order chi connectivity index (χ0) is 17.8. The quantitative estimate of drug-likeness (QED) is 0.745. The number of carbonyl (C=O) groups is 1. The summed E-state index contributed by atoms with van der Waals surface area (Å²) in [6.45, 7) is 3.31.